The third-order valence-electron chi connectivity index (χ3n) is 4.46. The first kappa shape index (κ1) is 20.9. The molecule has 160 valence electrons. The zero-order valence-corrected chi connectivity index (χ0v) is 16.7. The molecular formula is C20H16F3N5O2S. The van der Waals surface area contributed by atoms with Gasteiger partial charge in [0.1, 0.15) is 0 Å². The third kappa shape index (κ3) is 4.71. The molecule has 0 radical (unpaired) electrons. The summed E-state index contributed by atoms with van der Waals surface area (Å²) < 4.78 is 38.4. The Hall–Kier alpha value is -3.34. The van der Waals surface area contributed by atoms with Crippen molar-refractivity contribution in [3.63, 3.8) is 0 Å². The van der Waals surface area contributed by atoms with E-state index >= 15 is 0 Å². The maximum Gasteiger partial charge on any atom is 0.416 e. The topological polar surface area (TPSA) is 104 Å². The third-order valence-corrected chi connectivity index (χ3v) is 5.42. The fraction of sp³-hybridized carbons (Fsp3) is 0.200. The molecule has 0 atom stereocenters. The molecule has 0 aliphatic rings. The van der Waals surface area contributed by atoms with Crippen LogP contribution in [0.5, 0.6) is 0 Å². The normalized spacial score (nSPS) is 11.8. The Bertz CT molecular complexity index is 1320. The zero-order valence-electron chi connectivity index (χ0n) is 15.9. The SMILES string of the molecule is O=C(NCCCSc1nc2ccccc2c(=O)[nH]1)c1nc2ccc(C(F)(F)F)cc2[nH]1. The van der Waals surface area contributed by atoms with Gasteiger partial charge in [0.25, 0.3) is 11.5 Å². The van der Waals surface area contributed by atoms with Gasteiger partial charge in [0.15, 0.2) is 11.0 Å². The number of hydrogen-bond donors (Lipinski definition) is 3. The van der Waals surface area contributed by atoms with Gasteiger partial charge in [-0.05, 0) is 36.8 Å². The van der Waals surface area contributed by atoms with Gasteiger partial charge in [-0.15, -0.1) is 0 Å². The molecule has 0 aliphatic heterocycles. The quantitative estimate of drug-likeness (QED) is 0.237. The number of nitrogens with one attached hydrogen (secondary N) is 3. The number of H-pyrrole nitrogens is 2. The molecule has 31 heavy (non-hydrogen) atoms. The van der Waals surface area contributed by atoms with Crippen LogP contribution in [-0.4, -0.2) is 38.1 Å². The van der Waals surface area contributed by atoms with Crippen LogP contribution in [0.3, 0.4) is 0 Å². The number of carbonyl (C=O) groups excluding carboxylic acids is 1. The molecule has 7 nitrogen and oxygen atoms in total. The number of carbonyl (C=O) groups is 1. The molecule has 0 fully saturated rings. The Morgan fingerprint density at radius 2 is 1.87 bits per heavy atom. The minimum Gasteiger partial charge on any atom is -0.349 e. The molecule has 0 bridgehead atoms. The Morgan fingerprint density at radius 1 is 1.06 bits per heavy atom. The standard InChI is InChI=1S/C20H16F3N5O2S/c21-20(22,23)11-6-7-14-15(10-11)26-16(25-14)18(30)24-8-3-9-31-19-27-13-5-2-1-4-12(13)17(29)28-19/h1-2,4-7,10H,3,8-9H2,(H,24,30)(H,25,26)(H,27,28,29). The van der Waals surface area contributed by atoms with Crippen LogP contribution in [0.25, 0.3) is 21.9 Å². The van der Waals surface area contributed by atoms with E-state index in [1.165, 1.54) is 17.8 Å². The van der Waals surface area contributed by atoms with Gasteiger partial charge in [-0.3, -0.25) is 9.59 Å². The second kappa shape index (κ2) is 8.42. The Balaban J connectivity index is 1.31. The largest absolute Gasteiger partial charge is 0.416 e. The number of halogens is 3. The van der Waals surface area contributed by atoms with E-state index in [0.717, 1.165) is 12.1 Å². The highest BCUT2D eigenvalue weighted by atomic mass is 32.2. The van der Waals surface area contributed by atoms with Crippen LogP contribution in [0.2, 0.25) is 0 Å². The van der Waals surface area contributed by atoms with Gasteiger partial charge < -0.3 is 15.3 Å². The molecule has 1 amide bonds. The zero-order chi connectivity index (χ0) is 22.0. The molecule has 3 N–H and O–H groups in total. The first-order chi connectivity index (χ1) is 14.8. The predicted octanol–water partition coefficient (Wildman–Crippen LogP) is 3.73. The molecule has 2 heterocycles. The average molecular weight is 447 g/mol. The number of imidazole rings is 1. The first-order valence-electron chi connectivity index (χ1n) is 9.28. The minimum absolute atomic E-state index is 0.0532. The molecular weight excluding hydrogens is 431 g/mol. The molecule has 2 aromatic heterocycles. The van der Waals surface area contributed by atoms with Crippen molar-refractivity contribution in [1.29, 1.82) is 0 Å². The molecule has 0 saturated carbocycles. The summed E-state index contributed by atoms with van der Waals surface area (Å²) >= 11 is 1.36. The lowest BCUT2D eigenvalue weighted by atomic mass is 10.2. The number of nitrogens with zero attached hydrogens (tertiary/aromatic N) is 2. The fourth-order valence-electron chi connectivity index (χ4n) is 2.95. The lowest BCUT2D eigenvalue weighted by Crippen LogP contribution is -2.25. The van der Waals surface area contributed by atoms with Gasteiger partial charge in [-0.1, -0.05) is 23.9 Å². The maximum absolute atomic E-state index is 12.8. The van der Waals surface area contributed by atoms with E-state index in [1.54, 1.807) is 24.3 Å². The van der Waals surface area contributed by atoms with E-state index in [4.69, 9.17) is 0 Å². The van der Waals surface area contributed by atoms with Crippen LogP contribution >= 0.6 is 11.8 Å². The van der Waals surface area contributed by atoms with E-state index < -0.39 is 17.6 Å². The van der Waals surface area contributed by atoms with E-state index in [1.807, 2.05) is 0 Å². The average Bonchev–Trinajstić information content (AvgIpc) is 3.16. The van der Waals surface area contributed by atoms with Crippen molar-refractivity contribution in [2.45, 2.75) is 17.8 Å². The highest BCUT2D eigenvalue weighted by Crippen LogP contribution is 2.30. The summed E-state index contributed by atoms with van der Waals surface area (Å²) in [5.74, 6) is 0.0332. The van der Waals surface area contributed by atoms with E-state index in [-0.39, 0.29) is 22.4 Å². The molecule has 0 saturated heterocycles. The number of aromatic nitrogens is 4. The number of rotatable bonds is 6. The highest BCUT2D eigenvalue weighted by molar-refractivity contribution is 7.99. The summed E-state index contributed by atoms with van der Waals surface area (Å²) in [6, 6.07) is 10.1. The van der Waals surface area contributed by atoms with Crippen LogP contribution in [0, 0.1) is 0 Å². The maximum atomic E-state index is 12.8. The molecule has 0 aliphatic carbocycles. The number of fused-ring (bicyclic) bond motifs is 2. The fourth-order valence-corrected chi connectivity index (χ4v) is 3.76. The number of hydrogen-bond acceptors (Lipinski definition) is 5. The molecule has 0 spiro atoms. The van der Waals surface area contributed by atoms with Gasteiger partial charge in [-0.2, -0.15) is 13.2 Å². The Kier molecular flexibility index (Phi) is 5.68. The minimum atomic E-state index is -4.47. The van der Waals surface area contributed by atoms with E-state index in [0.29, 0.717) is 34.8 Å². The Morgan fingerprint density at radius 3 is 2.68 bits per heavy atom. The number of benzene rings is 2. The van der Waals surface area contributed by atoms with Crippen molar-refractivity contribution in [2.75, 3.05) is 12.3 Å². The lowest BCUT2D eigenvalue weighted by molar-refractivity contribution is -0.137. The van der Waals surface area contributed by atoms with Crippen LogP contribution in [0.1, 0.15) is 22.6 Å². The summed E-state index contributed by atoms with van der Waals surface area (Å²) in [4.78, 5) is 38.0. The van der Waals surface area contributed by atoms with Gasteiger partial charge in [0, 0.05) is 12.3 Å². The van der Waals surface area contributed by atoms with Crippen LogP contribution in [0.4, 0.5) is 13.2 Å². The summed E-state index contributed by atoms with van der Waals surface area (Å²) in [6.45, 7) is 0.328. The summed E-state index contributed by atoms with van der Waals surface area (Å²) in [5, 5.41) is 3.69. The van der Waals surface area contributed by atoms with Crippen molar-refractivity contribution >= 4 is 39.6 Å². The number of para-hydroxylation sites is 1. The molecule has 2 aromatic carbocycles. The van der Waals surface area contributed by atoms with Crippen molar-refractivity contribution < 1.29 is 18.0 Å². The summed E-state index contributed by atoms with van der Waals surface area (Å²) in [7, 11) is 0. The second-order valence-electron chi connectivity index (χ2n) is 6.66. The molecule has 4 rings (SSSR count). The predicted molar refractivity (Wildman–Crippen MR) is 111 cm³/mol. The first-order valence-corrected chi connectivity index (χ1v) is 10.3. The van der Waals surface area contributed by atoms with Crippen LogP contribution in [-0.2, 0) is 6.18 Å². The Labute approximate surface area is 177 Å². The molecule has 4 aromatic rings. The smallest absolute Gasteiger partial charge is 0.349 e. The summed E-state index contributed by atoms with van der Waals surface area (Å²) in [5.41, 5.74) is 0.00969. The molecule has 0 unspecified atom stereocenters. The number of alkyl halides is 3. The number of amides is 1. The lowest BCUT2D eigenvalue weighted by Gasteiger charge is -2.05. The molecule has 11 heteroatoms. The van der Waals surface area contributed by atoms with E-state index in [9.17, 15) is 22.8 Å². The van der Waals surface area contributed by atoms with Crippen molar-refractivity contribution in [3.8, 4) is 0 Å². The van der Waals surface area contributed by atoms with Crippen molar-refractivity contribution in [1.82, 2.24) is 25.3 Å². The number of thioether (sulfide) groups is 1. The highest BCUT2D eigenvalue weighted by Gasteiger charge is 2.30. The van der Waals surface area contributed by atoms with Crippen LogP contribution < -0.4 is 10.9 Å². The van der Waals surface area contributed by atoms with Gasteiger partial charge in [0.05, 0.1) is 27.5 Å². The van der Waals surface area contributed by atoms with E-state index in [2.05, 4.69) is 25.3 Å². The van der Waals surface area contributed by atoms with Crippen molar-refractivity contribution in [3.05, 3.63) is 64.2 Å². The summed E-state index contributed by atoms with van der Waals surface area (Å²) in [6.07, 6.45) is -3.88. The second-order valence-corrected chi connectivity index (χ2v) is 7.74. The van der Waals surface area contributed by atoms with Gasteiger partial charge in [-0.25, -0.2) is 9.97 Å². The monoisotopic (exact) mass is 447 g/mol. The van der Waals surface area contributed by atoms with Crippen LogP contribution in [0.15, 0.2) is 52.4 Å². The van der Waals surface area contributed by atoms with Crippen molar-refractivity contribution in [2.24, 2.45) is 0 Å². The van der Waals surface area contributed by atoms with Gasteiger partial charge in [0.2, 0.25) is 0 Å². The number of aromatic amines is 2. The van der Waals surface area contributed by atoms with Gasteiger partial charge >= 0.3 is 6.18 Å².